The summed E-state index contributed by atoms with van der Waals surface area (Å²) in [7, 11) is 0. The fraction of sp³-hybridized carbons (Fsp3) is 0.308. The van der Waals surface area contributed by atoms with E-state index in [0.29, 0.717) is 5.65 Å². The second-order valence-corrected chi connectivity index (χ2v) is 10.2. The molecule has 1 atom stereocenters. The van der Waals surface area contributed by atoms with Crippen LogP contribution in [0.5, 0.6) is 0 Å². The van der Waals surface area contributed by atoms with Crippen LogP contribution in [0.15, 0.2) is 72.0 Å². The Hall–Kier alpha value is -2.81. The molecule has 1 unspecified atom stereocenters. The number of benzene rings is 2. The zero-order valence-electron chi connectivity index (χ0n) is 19.0. The standard InChI is InChI=1S/C26H27F2N4OS/c1-34(33)23-7-5-6-20(14-23)24-16-30-32-17-21(15-29-25(24)32)19-8-10-22(11-9-19)26(27,28)18-31-12-3-2-4-13-31/h5-11,14-17,33H,2-4,12-13,18H2,1H3/q+1. The number of fused-ring (bicyclic) bond motifs is 1. The topological polar surface area (TPSA) is 53.7 Å². The van der Waals surface area contributed by atoms with Gasteiger partial charge in [0.2, 0.25) is 0 Å². The lowest BCUT2D eigenvalue weighted by Crippen LogP contribution is -2.38. The Kier molecular flexibility index (Phi) is 6.38. The molecule has 0 spiro atoms. The lowest BCUT2D eigenvalue weighted by atomic mass is 10.0. The molecule has 0 bridgehead atoms. The summed E-state index contributed by atoms with van der Waals surface area (Å²) in [6, 6.07) is 14.2. The molecule has 1 aliphatic heterocycles. The summed E-state index contributed by atoms with van der Waals surface area (Å²) in [6.45, 7) is 1.26. The van der Waals surface area contributed by atoms with Crippen molar-refractivity contribution in [1.29, 1.82) is 0 Å². The number of hydrogen-bond acceptors (Lipinski definition) is 4. The SMILES string of the molecule is C[S+](O)c1cccc(-c2cnn3cc(-c4ccc(C(F)(F)CN5CCCCC5)cc4)cnc23)c1. The van der Waals surface area contributed by atoms with Gasteiger partial charge in [-0.15, -0.1) is 0 Å². The van der Waals surface area contributed by atoms with Crippen LogP contribution in [-0.4, -0.2) is 49.9 Å². The van der Waals surface area contributed by atoms with E-state index < -0.39 is 17.1 Å². The minimum absolute atomic E-state index is 0.0379. The van der Waals surface area contributed by atoms with Crippen LogP contribution in [0.2, 0.25) is 0 Å². The van der Waals surface area contributed by atoms with Crippen LogP contribution in [0.4, 0.5) is 8.78 Å². The van der Waals surface area contributed by atoms with E-state index in [9.17, 15) is 13.3 Å². The van der Waals surface area contributed by atoms with Crippen molar-refractivity contribution in [3.05, 3.63) is 72.7 Å². The zero-order valence-corrected chi connectivity index (χ0v) is 19.8. The molecule has 0 radical (unpaired) electrons. The molecule has 0 aliphatic carbocycles. The van der Waals surface area contributed by atoms with Gasteiger partial charge in [0.25, 0.3) is 5.92 Å². The van der Waals surface area contributed by atoms with Gasteiger partial charge in [0.15, 0.2) is 21.7 Å². The van der Waals surface area contributed by atoms with Crippen LogP contribution >= 0.6 is 0 Å². The van der Waals surface area contributed by atoms with E-state index in [1.165, 1.54) is 12.1 Å². The van der Waals surface area contributed by atoms with E-state index in [1.54, 1.807) is 35.3 Å². The molecule has 8 heteroatoms. The van der Waals surface area contributed by atoms with Crippen LogP contribution in [0.25, 0.3) is 27.9 Å². The zero-order chi connectivity index (χ0) is 23.7. The number of halogens is 2. The second-order valence-electron chi connectivity index (χ2n) is 8.79. The van der Waals surface area contributed by atoms with Crippen molar-refractivity contribution in [2.45, 2.75) is 30.1 Å². The normalized spacial score (nSPS) is 16.1. The molecule has 0 amide bonds. The quantitative estimate of drug-likeness (QED) is 0.358. The molecule has 5 nitrogen and oxygen atoms in total. The number of nitrogens with zero attached hydrogens (tertiary/aromatic N) is 4. The molecule has 176 valence electrons. The van der Waals surface area contributed by atoms with Gasteiger partial charge >= 0.3 is 0 Å². The predicted molar refractivity (Wildman–Crippen MR) is 132 cm³/mol. The maximum absolute atomic E-state index is 14.8. The van der Waals surface area contributed by atoms with Crippen LogP contribution in [0, 0.1) is 0 Å². The Morgan fingerprint density at radius 3 is 2.47 bits per heavy atom. The van der Waals surface area contributed by atoms with Crippen molar-refractivity contribution in [3.8, 4) is 22.3 Å². The molecule has 5 rings (SSSR count). The van der Waals surface area contributed by atoms with Gasteiger partial charge in [-0.05, 0) is 43.1 Å². The van der Waals surface area contributed by atoms with Crippen LogP contribution in [0.1, 0.15) is 24.8 Å². The highest BCUT2D eigenvalue weighted by atomic mass is 32.2. The van der Waals surface area contributed by atoms with Gasteiger partial charge in [-0.2, -0.15) is 18.4 Å². The highest BCUT2D eigenvalue weighted by molar-refractivity contribution is 7.90. The average molecular weight is 482 g/mol. The van der Waals surface area contributed by atoms with Gasteiger partial charge in [-0.1, -0.05) is 42.8 Å². The first kappa shape index (κ1) is 23.0. The summed E-state index contributed by atoms with van der Waals surface area (Å²) in [4.78, 5) is 7.32. The number of alkyl halides is 2. The van der Waals surface area contributed by atoms with Crippen molar-refractivity contribution in [1.82, 2.24) is 19.5 Å². The maximum atomic E-state index is 14.8. The van der Waals surface area contributed by atoms with E-state index in [1.807, 2.05) is 35.4 Å². The van der Waals surface area contributed by atoms with E-state index in [0.717, 1.165) is 59.5 Å². The molecule has 2 aromatic heterocycles. The largest absolute Gasteiger partial charge is 0.297 e. The fourth-order valence-electron chi connectivity index (χ4n) is 4.47. The Labute approximate surface area is 200 Å². The molecular weight excluding hydrogens is 454 g/mol. The monoisotopic (exact) mass is 481 g/mol. The second kappa shape index (κ2) is 9.44. The third-order valence-electron chi connectivity index (χ3n) is 6.35. The van der Waals surface area contributed by atoms with Gasteiger partial charge in [0, 0.05) is 35.2 Å². The Bertz CT molecular complexity index is 1280. The van der Waals surface area contributed by atoms with Crippen molar-refractivity contribution < 1.29 is 13.3 Å². The maximum Gasteiger partial charge on any atom is 0.285 e. The van der Waals surface area contributed by atoms with Crippen LogP contribution < -0.4 is 0 Å². The molecule has 1 aliphatic rings. The average Bonchev–Trinajstić information content (AvgIpc) is 3.28. The summed E-state index contributed by atoms with van der Waals surface area (Å²) < 4.78 is 41.3. The molecule has 0 saturated carbocycles. The molecular formula is C26H27F2N4OS+. The number of piperidine rings is 1. The predicted octanol–water partition coefficient (Wildman–Crippen LogP) is 5.72. The first-order chi connectivity index (χ1) is 16.4. The van der Waals surface area contributed by atoms with Crippen molar-refractivity contribution >= 4 is 16.8 Å². The molecule has 1 saturated heterocycles. The van der Waals surface area contributed by atoms with Gasteiger partial charge in [0.05, 0.1) is 12.7 Å². The summed E-state index contributed by atoms with van der Waals surface area (Å²) >= 11 is -0.828. The smallest absolute Gasteiger partial charge is 0.285 e. The lowest BCUT2D eigenvalue weighted by molar-refractivity contribution is -0.0415. The number of likely N-dealkylation sites (tertiary alicyclic amines) is 1. The van der Waals surface area contributed by atoms with E-state index in [2.05, 4.69) is 10.1 Å². The molecule has 1 N–H and O–H groups in total. The van der Waals surface area contributed by atoms with E-state index >= 15 is 0 Å². The summed E-state index contributed by atoms with van der Waals surface area (Å²) in [5.74, 6) is -2.88. The van der Waals surface area contributed by atoms with Gasteiger partial charge in [-0.3, -0.25) is 4.90 Å². The number of rotatable bonds is 6. The first-order valence-corrected chi connectivity index (χ1v) is 13.0. The summed E-state index contributed by atoms with van der Waals surface area (Å²) in [5, 5.41) is 4.45. The summed E-state index contributed by atoms with van der Waals surface area (Å²) in [5.41, 5.74) is 4.14. The highest BCUT2D eigenvalue weighted by Gasteiger charge is 2.34. The molecule has 34 heavy (non-hydrogen) atoms. The molecule has 1 fully saturated rings. The minimum Gasteiger partial charge on any atom is -0.297 e. The lowest BCUT2D eigenvalue weighted by Gasteiger charge is -2.30. The molecule has 2 aromatic carbocycles. The molecule has 4 aromatic rings. The van der Waals surface area contributed by atoms with E-state index in [4.69, 9.17) is 0 Å². The fourth-order valence-corrected chi connectivity index (χ4v) is 5.04. The van der Waals surface area contributed by atoms with Crippen LogP contribution in [0.3, 0.4) is 0 Å². The van der Waals surface area contributed by atoms with Crippen LogP contribution in [-0.2, 0) is 17.1 Å². The highest BCUT2D eigenvalue weighted by Crippen LogP contribution is 2.32. The number of aromatic nitrogens is 3. The Morgan fingerprint density at radius 2 is 1.74 bits per heavy atom. The van der Waals surface area contributed by atoms with E-state index in [-0.39, 0.29) is 12.1 Å². The van der Waals surface area contributed by atoms with Gasteiger partial charge < -0.3 is 0 Å². The Balaban J connectivity index is 1.38. The minimum atomic E-state index is -2.88. The Morgan fingerprint density at radius 1 is 0.971 bits per heavy atom. The number of hydrogen-bond donors (Lipinski definition) is 1. The van der Waals surface area contributed by atoms with Crippen molar-refractivity contribution in [2.24, 2.45) is 0 Å². The van der Waals surface area contributed by atoms with Crippen molar-refractivity contribution in [2.75, 3.05) is 25.9 Å². The van der Waals surface area contributed by atoms with Gasteiger partial charge in [0.1, 0.15) is 6.26 Å². The third kappa shape index (κ3) is 4.71. The van der Waals surface area contributed by atoms with Crippen molar-refractivity contribution in [3.63, 3.8) is 0 Å². The first-order valence-electron chi connectivity index (χ1n) is 11.4. The third-order valence-corrected chi connectivity index (χ3v) is 7.29. The molecule has 3 heterocycles. The summed E-state index contributed by atoms with van der Waals surface area (Å²) in [6.07, 6.45) is 10.2. The van der Waals surface area contributed by atoms with Gasteiger partial charge in [-0.25, -0.2) is 9.50 Å².